The number of guanidine groups is 1. The lowest BCUT2D eigenvalue weighted by molar-refractivity contribution is 0.0527. The molecule has 1 fully saturated rings. The van der Waals surface area contributed by atoms with Crippen LogP contribution in [0.5, 0.6) is 0 Å². The number of carbonyl (C=O) groups excluding carboxylic acids is 1. The summed E-state index contributed by atoms with van der Waals surface area (Å²) in [7, 11) is 1.79. The number of hydrogen-bond acceptors (Lipinski definition) is 4. The van der Waals surface area contributed by atoms with Gasteiger partial charge in [0.2, 0.25) is 0 Å². The summed E-state index contributed by atoms with van der Waals surface area (Å²) in [6.07, 6.45) is 2.61. The van der Waals surface area contributed by atoms with Crippen LogP contribution in [0.25, 0.3) is 0 Å². The van der Waals surface area contributed by atoms with Crippen molar-refractivity contribution >= 4 is 12.1 Å². The highest BCUT2D eigenvalue weighted by molar-refractivity contribution is 5.79. The quantitative estimate of drug-likeness (QED) is 0.361. The molecule has 1 aliphatic heterocycles. The number of nitrogens with zero attached hydrogens (tertiary/aromatic N) is 2. The first-order chi connectivity index (χ1) is 14.3. The predicted molar refractivity (Wildman–Crippen MR) is 123 cm³/mol. The minimum Gasteiger partial charge on any atom is -0.444 e. The Kier molecular flexibility index (Phi) is 9.43. The van der Waals surface area contributed by atoms with Gasteiger partial charge in [-0.05, 0) is 52.5 Å². The van der Waals surface area contributed by atoms with Gasteiger partial charge in [-0.3, -0.25) is 9.89 Å². The van der Waals surface area contributed by atoms with Gasteiger partial charge in [-0.15, -0.1) is 0 Å². The van der Waals surface area contributed by atoms with Crippen LogP contribution in [0.4, 0.5) is 4.79 Å². The van der Waals surface area contributed by atoms with Crippen LogP contribution in [-0.4, -0.2) is 61.3 Å². The minimum atomic E-state index is -0.470. The van der Waals surface area contributed by atoms with E-state index >= 15 is 0 Å². The maximum Gasteiger partial charge on any atom is 0.407 e. The van der Waals surface area contributed by atoms with Crippen molar-refractivity contribution in [3.8, 4) is 0 Å². The molecule has 1 aromatic carbocycles. The summed E-state index contributed by atoms with van der Waals surface area (Å²) in [6.45, 7) is 11.3. The number of likely N-dealkylation sites (tertiary alicyclic amines) is 1. The van der Waals surface area contributed by atoms with Gasteiger partial charge in [-0.1, -0.05) is 30.3 Å². The third kappa shape index (κ3) is 9.03. The van der Waals surface area contributed by atoms with Crippen LogP contribution < -0.4 is 16.0 Å². The molecule has 0 aliphatic carbocycles. The number of piperidine rings is 1. The molecular weight excluding hydrogens is 378 g/mol. The minimum absolute atomic E-state index is 0.374. The summed E-state index contributed by atoms with van der Waals surface area (Å²) in [4.78, 5) is 18.5. The van der Waals surface area contributed by atoms with Crippen LogP contribution in [0.2, 0.25) is 0 Å². The molecule has 7 nitrogen and oxygen atoms in total. The topological polar surface area (TPSA) is 78.0 Å². The lowest BCUT2D eigenvalue weighted by Crippen LogP contribution is -2.51. The second-order valence-corrected chi connectivity index (χ2v) is 8.95. The van der Waals surface area contributed by atoms with Crippen molar-refractivity contribution < 1.29 is 9.53 Å². The Morgan fingerprint density at radius 2 is 1.90 bits per heavy atom. The van der Waals surface area contributed by atoms with E-state index in [0.29, 0.717) is 18.6 Å². The van der Waals surface area contributed by atoms with Gasteiger partial charge < -0.3 is 20.7 Å². The molecule has 1 amide bonds. The van der Waals surface area contributed by atoms with Crippen molar-refractivity contribution in [1.82, 2.24) is 20.9 Å². The van der Waals surface area contributed by atoms with E-state index in [1.807, 2.05) is 20.8 Å². The largest absolute Gasteiger partial charge is 0.444 e. The molecule has 30 heavy (non-hydrogen) atoms. The number of amides is 1. The average molecular weight is 418 g/mol. The van der Waals surface area contributed by atoms with Crippen molar-refractivity contribution in [3.05, 3.63) is 35.9 Å². The van der Waals surface area contributed by atoms with E-state index < -0.39 is 5.60 Å². The molecule has 1 saturated heterocycles. The molecule has 0 aromatic heterocycles. The molecule has 168 valence electrons. The molecule has 1 aliphatic rings. The second kappa shape index (κ2) is 11.8. The second-order valence-electron chi connectivity index (χ2n) is 8.95. The maximum absolute atomic E-state index is 11.7. The zero-order chi connectivity index (χ0) is 22.0. The fraction of sp³-hybridized carbons (Fsp3) is 0.652. The first-order valence-corrected chi connectivity index (χ1v) is 11.0. The average Bonchev–Trinajstić information content (AvgIpc) is 2.68. The van der Waals surface area contributed by atoms with Crippen LogP contribution in [0.15, 0.2) is 35.3 Å². The molecule has 3 N–H and O–H groups in total. The van der Waals surface area contributed by atoms with E-state index in [9.17, 15) is 4.79 Å². The molecule has 2 unspecified atom stereocenters. The molecule has 2 rings (SSSR count). The van der Waals surface area contributed by atoms with Crippen LogP contribution >= 0.6 is 0 Å². The number of ether oxygens (including phenoxy) is 1. The van der Waals surface area contributed by atoms with Gasteiger partial charge in [0.1, 0.15) is 5.60 Å². The summed E-state index contributed by atoms with van der Waals surface area (Å²) in [5.41, 5.74) is 0.899. The Hall–Kier alpha value is -2.28. The molecular formula is C23H39N5O2. The SMILES string of the molecule is CN=C(NCCCNC(=O)OC(C)(C)C)NC1CCN(Cc2ccccc2)C(C)C1. The zero-order valence-electron chi connectivity index (χ0n) is 19.2. The van der Waals surface area contributed by atoms with E-state index in [1.54, 1.807) is 7.05 Å². The van der Waals surface area contributed by atoms with E-state index in [0.717, 1.165) is 44.9 Å². The molecule has 0 radical (unpaired) electrons. The summed E-state index contributed by atoms with van der Waals surface area (Å²) < 4.78 is 5.23. The predicted octanol–water partition coefficient (Wildman–Crippen LogP) is 3.12. The van der Waals surface area contributed by atoms with E-state index in [1.165, 1.54) is 5.56 Å². The highest BCUT2D eigenvalue weighted by Gasteiger charge is 2.25. The van der Waals surface area contributed by atoms with Crippen molar-refractivity contribution in [1.29, 1.82) is 0 Å². The Morgan fingerprint density at radius 3 is 2.53 bits per heavy atom. The number of nitrogens with one attached hydrogen (secondary N) is 3. The molecule has 2 atom stereocenters. The Morgan fingerprint density at radius 1 is 1.20 bits per heavy atom. The van der Waals surface area contributed by atoms with E-state index in [2.05, 4.69) is 63.1 Å². The van der Waals surface area contributed by atoms with Crippen molar-refractivity contribution in [2.24, 2.45) is 4.99 Å². The molecule has 7 heteroatoms. The van der Waals surface area contributed by atoms with Gasteiger partial charge >= 0.3 is 6.09 Å². The third-order valence-corrected chi connectivity index (χ3v) is 5.12. The van der Waals surface area contributed by atoms with Gasteiger partial charge in [0, 0.05) is 45.3 Å². The molecule has 1 aromatic rings. The van der Waals surface area contributed by atoms with Gasteiger partial charge in [0.25, 0.3) is 0 Å². The summed E-state index contributed by atoms with van der Waals surface area (Å²) in [5.74, 6) is 0.820. The number of rotatable bonds is 7. The van der Waals surface area contributed by atoms with Crippen LogP contribution in [-0.2, 0) is 11.3 Å². The van der Waals surface area contributed by atoms with E-state index in [-0.39, 0.29) is 6.09 Å². The van der Waals surface area contributed by atoms with E-state index in [4.69, 9.17) is 4.74 Å². The fourth-order valence-electron chi connectivity index (χ4n) is 3.59. The van der Waals surface area contributed by atoms with Gasteiger partial charge in [0.05, 0.1) is 0 Å². The van der Waals surface area contributed by atoms with Gasteiger partial charge in [0.15, 0.2) is 5.96 Å². The highest BCUT2D eigenvalue weighted by atomic mass is 16.6. The number of benzene rings is 1. The monoisotopic (exact) mass is 417 g/mol. The molecule has 1 heterocycles. The van der Waals surface area contributed by atoms with Crippen LogP contribution in [0.3, 0.4) is 0 Å². The normalized spacial score (nSPS) is 20.5. The maximum atomic E-state index is 11.7. The lowest BCUT2D eigenvalue weighted by Gasteiger charge is -2.38. The van der Waals surface area contributed by atoms with Crippen molar-refractivity contribution in [2.75, 3.05) is 26.7 Å². The molecule has 0 spiro atoms. The number of alkyl carbamates (subject to hydrolysis) is 1. The Bertz CT molecular complexity index is 672. The summed E-state index contributed by atoms with van der Waals surface area (Å²) in [5, 5.41) is 9.67. The number of aliphatic imine (C=N–C) groups is 1. The Balaban J connectivity index is 1.65. The summed E-state index contributed by atoms with van der Waals surface area (Å²) in [6, 6.07) is 11.6. The smallest absolute Gasteiger partial charge is 0.407 e. The van der Waals surface area contributed by atoms with Crippen molar-refractivity contribution in [3.63, 3.8) is 0 Å². The molecule has 0 saturated carbocycles. The number of hydrogen-bond donors (Lipinski definition) is 3. The fourth-order valence-corrected chi connectivity index (χ4v) is 3.59. The third-order valence-electron chi connectivity index (χ3n) is 5.12. The number of carbonyl (C=O) groups is 1. The summed E-state index contributed by atoms with van der Waals surface area (Å²) >= 11 is 0. The first kappa shape index (κ1) is 24.0. The highest BCUT2D eigenvalue weighted by Crippen LogP contribution is 2.19. The van der Waals surface area contributed by atoms with Crippen LogP contribution in [0, 0.1) is 0 Å². The molecule has 0 bridgehead atoms. The zero-order valence-corrected chi connectivity index (χ0v) is 19.2. The van der Waals surface area contributed by atoms with Crippen molar-refractivity contribution in [2.45, 2.75) is 71.2 Å². The standard InChI is InChI=1S/C23H39N5O2/c1-18-16-20(12-15-28(18)17-19-10-7-6-8-11-19)27-21(24-5)25-13-9-14-26-22(29)30-23(2,3)4/h6-8,10-11,18,20H,9,12-17H2,1-5H3,(H,26,29)(H2,24,25,27). The van der Waals surface area contributed by atoms with Gasteiger partial charge in [-0.2, -0.15) is 0 Å². The Labute approximate surface area is 181 Å². The lowest BCUT2D eigenvalue weighted by atomic mass is 9.97. The van der Waals surface area contributed by atoms with Crippen LogP contribution in [0.1, 0.15) is 52.5 Å². The van der Waals surface area contributed by atoms with Gasteiger partial charge in [-0.25, -0.2) is 4.79 Å². The first-order valence-electron chi connectivity index (χ1n) is 11.0.